The average molecular weight is 333 g/mol. The van der Waals surface area contributed by atoms with E-state index in [1.807, 2.05) is 6.92 Å². The van der Waals surface area contributed by atoms with Crippen molar-refractivity contribution >= 4 is 23.2 Å². The van der Waals surface area contributed by atoms with Crippen LogP contribution in [0, 0.1) is 39.0 Å². The van der Waals surface area contributed by atoms with Crippen LogP contribution in [0.5, 0.6) is 0 Å². The summed E-state index contributed by atoms with van der Waals surface area (Å²) in [6, 6.07) is 5.70. The Hall–Kier alpha value is -3.23. The predicted molar refractivity (Wildman–Crippen MR) is 87.1 cm³/mol. The number of halogens is 2. The highest BCUT2D eigenvalue weighted by molar-refractivity contribution is 5.67. The monoisotopic (exact) mass is 333 g/mol. The molecule has 2 aromatic rings. The first-order valence-corrected chi connectivity index (χ1v) is 6.62. The van der Waals surface area contributed by atoms with Gasteiger partial charge in [0, 0.05) is 11.4 Å². The molecule has 2 aromatic carbocycles. The fraction of sp³-hybridized carbons (Fsp3) is 0.176. The molecule has 0 heterocycles. The molecule has 0 aromatic heterocycles. The fourth-order valence-electron chi connectivity index (χ4n) is 1.62. The van der Waals surface area contributed by atoms with Crippen LogP contribution < -0.4 is 11.5 Å². The predicted octanol–water partition coefficient (Wildman–Crippen LogP) is 3.71. The Morgan fingerprint density at radius 1 is 0.875 bits per heavy atom. The van der Waals surface area contributed by atoms with Gasteiger partial charge in [0.2, 0.25) is 5.69 Å². The molecule has 0 saturated carbocycles. The smallest absolute Gasteiger partial charge is 0.373 e. The highest BCUT2D eigenvalue weighted by atomic mass is 19.1. The van der Waals surface area contributed by atoms with Gasteiger partial charge in [-0.05, 0) is 55.7 Å². The number of nitrogens with two attached hydrogens (primary N) is 2. The van der Waals surface area contributed by atoms with Crippen molar-refractivity contribution in [2.24, 2.45) is 0 Å². The van der Waals surface area contributed by atoms with Gasteiger partial charge in [-0.15, -0.1) is 0 Å². The summed E-state index contributed by atoms with van der Waals surface area (Å²) in [6.45, 7) is 11.9. The van der Waals surface area contributed by atoms with E-state index in [0.29, 0.717) is 22.5 Å². The van der Waals surface area contributed by atoms with E-state index in [1.165, 1.54) is 18.2 Å². The molecule has 0 radical (unpaired) electrons. The van der Waals surface area contributed by atoms with Gasteiger partial charge in [0.05, 0.1) is 6.57 Å². The van der Waals surface area contributed by atoms with Crippen molar-refractivity contribution in [1.29, 1.82) is 0 Å². The number of nitrogen functional groups attached to an aromatic ring is 2. The Morgan fingerprint density at radius 2 is 1.29 bits per heavy atom. The van der Waals surface area contributed by atoms with Crippen molar-refractivity contribution in [2.45, 2.75) is 20.8 Å². The summed E-state index contributed by atoms with van der Waals surface area (Å²) >= 11 is 0. The van der Waals surface area contributed by atoms with E-state index in [2.05, 4.69) is 4.85 Å². The second-order valence-electron chi connectivity index (χ2n) is 4.81. The lowest BCUT2D eigenvalue weighted by Crippen LogP contribution is -1.92. The first kappa shape index (κ1) is 20.8. The number of benzene rings is 2. The SMILES string of the molecule is Cc1cc(C)c(F)cc1N.O=C=O.[C-]#[N+]c1cc(C)c(F)cc1N. The summed E-state index contributed by atoms with van der Waals surface area (Å²) < 4.78 is 25.4. The van der Waals surface area contributed by atoms with Crippen molar-refractivity contribution in [3.8, 4) is 0 Å². The molecule has 24 heavy (non-hydrogen) atoms. The third-order valence-electron chi connectivity index (χ3n) is 2.98. The molecule has 4 N–H and O–H groups in total. The number of hydrogen-bond donors (Lipinski definition) is 2. The van der Waals surface area contributed by atoms with Gasteiger partial charge in [0.15, 0.2) is 0 Å². The summed E-state index contributed by atoms with van der Waals surface area (Å²) in [5.74, 6) is -0.599. The first-order chi connectivity index (χ1) is 11.2. The van der Waals surface area contributed by atoms with Crippen molar-refractivity contribution in [3.05, 3.63) is 64.0 Å². The quantitative estimate of drug-likeness (QED) is 0.568. The maximum Gasteiger partial charge on any atom is 0.373 e. The van der Waals surface area contributed by atoms with Gasteiger partial charge in [-0.3, -0.25) is 0 Å². The molecule has 0 unspecified atom stereocenters. The van der Waals surface area contributed by atoms with E-state index in [-0.39, 0.29) is 23.5 Å². The number of anilines is 2. The first-order valence-electron chi connectivity index (χ1n) is 6.62. The third kappa shape index (κ3) is 6.26. The topological polar surface area (TPSA) is 90.5 Å². The van der Waals surface area contributed by atoms with Crippen LogP contribution in [0.3, 0.4) is 0 Å². The number of rotatable bonds is 0. The highest BCUT2D eigenvalue weighted by Crippen LogP contribution is 2.24. The van der Waals surface area contributed by atoms with Crippen LogP contribution >= 0.6 is 0 Å². The van der Waals surface area contributed by atoms with Crippen LogP contribution in [-0.4, -0.2) is 6.15 Å². The standard InChI is InChI=1S/C8H7FN2.C8H10FN.CO2/c1-5-3-8(11-2)7(10)4-6(5)9;1-5-3-6(2)8(10)4-7(5)9;2-1-3/h3-4H,10H2,1H3;3-4H,10H2,1-2H3;. The maximum absolute atomic E-state index is 12.7. The summed E-state index contributed by atoms with van der Waals surface area (Å²) in [5, 5.41) is 0. The van der Waals surface area contributed by atoms with Crippen molar-refractivity contribution in [2.75, 3.05) is 11.5 Å². The summed E-state index contributed by atoms with van der Waals surface area (Å²) in [6.07, 6.45) is 0.250. The Labute approximate surface area is 138 Å². The van der Waals surface area contributed by atoms with Crippen molar-refractivity contribution in [1.82, 2.24) is 0 Å². The van der Waals surface area contributed by atoms with E-state index in [9.17, 15) is 8.78 Å². The van der Waals surface area contributed by atoms with Crippen molar-refractivity contribution in [3.63, 3.8) is 0 Å². The molecule has 0 saturated heterocycles. The van der Waals surface area contributed by atoms with Crippen LogP contribution in [0.1, 0.15) is 16.7 Å². The van der Waals surface area contributed by atoms with Gasteiger partial charge in [-0.1, -0.05) is 6.07 Å². The molecule has 0 fully saturated rings. The molecule has 0 aliphatic heterocycles. The number of hydrogen-bond acceptors (Lipinski definition) is 4. The van der Waals surface area contributed by atoms with Crippen LogP contribution in [0.15, 0.2) is 24.3 Å². The normalized spacial score (nSPS) is 8.67. The van der Waals surface area contributed by atoms with E-state index >= 15 is 0 Å². The Bertz CT molecular complexity index is 743. The van der Waals surface area contributed by atoms with Gasteiger partial charge < -0.3 is 11.5 Å². The largest absolute Gasteiger partial charge is 0.407 e. The molecule has 0 aliphatic carbocycles. The zero-order valence-corrected chi connectivity index (χ0v) is 13.5. The van der Waals surface area contributed by atoms with Gasteiger partial charge in [0.25, 0.3) is 0 Å². The maximum atomic E-state index is 12.7. The zero-order chi connectivity index (χ0) is 18.9. The summed E-state index contributed by atoms with van der Waals surface area (Å²) in [4.78, 5) is 19.4. The van der Waals surface area contributed by atoms with Gasteiger partial charge >= 0.3 is 6.15 Å². The Balaban J connectivity index is 0.000000381. The molecule has 0 amide bonds. The van der Waals surface area contributed by atoms with Crippen LogP contribution in [0.2, 0.25) is 0 Å². The van der Waals surface area contributed by atoms with Gasteiger partial charge in [-0.25, -0.2) is 13.6 Å². The molecule has 5 nitrogen and oxygen atoms in total. The number of nitrogens with zero attached hydrogens (tertiary/aromatic N) is 1. The van der Waals surface area contributed by atoms with E-state index in [0.717, 1.165) is 5.56 Å². The molecule has 0 spiro atoms. The van der Waals surface area contributed by atoms with Gasteiger partial charge in [-0.2, -0.15) is 9.59 Å². The Morgan fingerprint density at radius 3 is 1.71 bits per heavy atom. The zero-order valence-electron chi connectivity index (χ0n) is 13.5. The second-order valence-corrected chi connectivity index (χ2v) is 4.81. The minimum atomic E-state index is -0.366. The molecule has 2 rings (SSSR count). The molecule has 7 heteroatoms. The van der Waals surface area contributed by atoms with E-state index < -0.39 is 0 Å². The van der Waals surface area contributed by atoms with Crippen LogP contribution in [-0.2, 0) is 9.59 Å². The molecule has 0 aliphatic rings. The molecule has 0 atom stereocenters. The highest BCUT2D eigenvalue weighted by Gasteiger charge is 2.03. The van der Waals surface area contributed by atoms with Gasteiger partial charge in [0.1, 0.15) is 11.6 Å². The number of aryl methyl sites for hydroxylation is 3. The van der Waals surface area contributed by atoms with Crippen molar-refractivity contribution < 1.29 is 18.4 Å². The minimum absolute atomic E-state index is 0.197. The van der Waals surface area contributed by atoms with E-state index in [4.69, 9.17) is 27.6 Å². The molecular formula is C17H17F2N3O2. The molecular weight excluding hydrogens is 316 g/mol. The molecule has 0 bridgehead atoms. The number of carbonyl (C=O) groups excluding carboxylic acids is 2. The summed E-state index contributed by atoms with van der Waals surface area (Å²) in [5.41, 5.74) is 13.8. The lowest BCUT2D eigenvalue weighted by Gasteiger charge is -2.01. The lowest BCUT2D eigenvalue weighted by molar-refractivity contribution is -0.191. The third-order valence-corrected chi connectivity index (χ3v) is 2.98. The fourth-order valence-corrected chi connectivity index (χ4v) is 1.62. The summed E-state index contributed by atoms with van der Waals surface area (Å²) in [7, 11) is 0. The van der Waals surface area contributed by atoms with E-state index in [1.54, 1.807) is 19.9 Å². The van der Waals surface area contributed by atoms with Crippen LogP contribution in [0.25, 0.3) is 4.85 Å². The van der Waals surface area contributed by atoms with Crippen LogP contribution in [0.4, 0.5) is 25.8 Å². The second kappa shape index (κ2) is 9.72. The molecule has 126 valence electrons. The minimum Gasteiger partial charge on any atom is -0.407 e. The Kier molecular flexibility index (Phi) is 8.41. The average Bonchev–Trinajstić information content (AvgIpc) is 2.50. The lowest BCUT2D eigenvalue weighted by atomic mass is 10.1.